The number of hydrogen-bond acceptors (Lipinski definition) is 8. The third-order valence-corrected chi connectivity index (χ3v) is 4.00. The number of likely N-dealkylation sites (N-methyl/N-ethyl adjacent to an activating group) is 1. The summed E-state index contributed by atoms with van der Waals surface area (Å²) < 4.78 is 7.00. The van der Waals surface area contributed by atoms with Gasteiger partial charge in [-0.25, -0.2) is 4.98 Å². The van der Waals surface area contributed by atoms with Crippen LogP contribution in [0, 0.1) is 0 Å². The van der Waals surface area contributed by atoms with Crippen molar-refractivity contribution in [2.24, 2.45) is 0 Å². The molecule has 0 unspecified atom stereocenters. The monoisotopic (exact) mass is 356 g/mol. The maximum atomic E-state index is 12.1. The van der Waals surface area contributed by atoms with Gasteiger partial charge in [-0.15, -0.1) is 0 Å². The molecule has 3 rings (SSSR count). The van der Waals surface area contributed by atoms with E-state index in [2.05, 4.69) is 20.3 Å². The quantitative estimate of drug-likeness (QED) is 0.612. The summed E-state index contributed by atoms with van der Waals surface area (Å²) >= 11 is 5.91. The fourth-order valence-electron chi connectivity index (χ4n) is 2.60. The minimum absolute atomic E-state index is 0.0115. The van der Waals surface area contributed by atoms with Crippen molar-refractivity contribution in [3.05, 3.63) is 11.6 Å². The molecule has 11 heteroatoms. The molecule has 1 aliphatic rings. The summed E-state index contributed by atoms with van der Waals surface area (Å²) in [5.74, 6) is -0.0326. The van der Waals surface area contributed by atoms with Crippen molar-refractivity contribution in [3.8, 4) is 0 Å². The van der Waals surface area contributed by atoms with E-state index in [9.17, 15) is 15.0 Å². The number of anilines is 1. The molecule has 0 aliphatic carbocycles. The number of amides is 1. The Kier molecular flexibility index (Phi) is 4.30. The lowest BCUT2D eigenvalue weighted by atomic mass is 10.1. The van der Waals surface area contributed by atoms with E-state index in [4.69, 9.17) is 16.3 Å². The van der Waals surface area contributed by atoms with Crippen molar-refractivity contribution in [1.29, 1.82) is 0 Å². The van der Waals surface area contributed by atoms with Crippen molar-refractivity contribution in [3.63, 3.8) is 0 Å². The zero-order chi connectivity index (χ0) is 17.6. The number of aliphatic hydroxyl groups excluding tert-OH is 2. The van der Waals surface area contributed by atoms with Gasteiger partial charge in [0.15, 0.2) is 29.3 Å². The summed E-state index contributed by atoms with van der Waals surface area (Å²) in [7, 11) is 4.74. The van der Waals surface area contributed by atoms with Crippen LogP contribution in [0.25, 0.3) is 11.2 Å². The average molecular weight is 357 g/mol. The number of aliphatic hydroxyl groups is 2. The van der Waals surface area contributed by atoms with Crippen molar-refractivity contribution in [1.82, 2.24) is 24.4 Å². The molecular weight excluding hydrogens is 340 g/mol. The molecule has 1 amide bonds. The van der Waals surface area contributed by atoms with Crippen LogP contribution in [-0.2, 0) is 9.53 Å². The predicted molar refractivity (Wildman–Crippen MR) is 84.5 cm³/mol. The van der Waals surface area contributed by atoms with Crippen LogP contribution in [0.15, 0.2) is 6.33 Å². The molecule has 0 spiro atoms. The smallest absolute Gasteiger partial charge is 0.254 e. The molecule has 3 N–H and O–H groups in total. The van der Waals surface area contributed by atoms with Gasteiger partial charge < -0.3 is 25.2 Å². The van der Waals surface area contributed by atoms with Crippen LogP contribution in [0.2, 0.25) is 5.28 Å². The number of imidazole rings is 1. The number of halogens is 1. The molecule has 1 fully saturated rings. The molecule has 0 saturated carbocycles. The molecule has 0 aromatic carbocycles. The largest absolute Gasteiger partial charge is 0.387 e. The molecule has 130 valence electrons. The van der Waals surface area contributed by atoms with E-state index >= 15 is 0 Å². The highest BCUT2D eigenvalue weighted by molar-refractivity contribution is 6.28. The Bertz CT molecular complexity index is 781. The first-order valence-corrected chi connectivity index (χ1v) is 7.53. The van der Waals surface area contributed by atoms with E-state index in [-0.39, 0.29) is 5.28 Å². The minimum atomic E-state index is -1.37. The van der Waals surface area contributed by atoms with Crippen LogP contribution in [0.4, 0.5) is 5.82 Å². The Balaban J connectivity index is 2.02. The lowest BCUT2D eigenvalue weighted by Crippen LogP contribution is -2.42. The first-order valence-electron chi connectivity index (χ1n) is 7.15. The summed E-state index contributed by atoms with van der Waals surface area (Å²) in [6.07, 6.45) is -3.53. The topological polar surface area (TPSA) is 126 Å². The fraction of sp³-hybridized carbons (Fsp3) is 0.538. The van der Waals surface area contributed by atoms with Crippen molar-refractivity contribution in [2.45, 2.75) is 24.5 Å². The van der Waals surface area contributed by atoms with E-state index < -0.39 is 30.4 Å². The normalized spacial score (nSPS) is 26.8. The summed E-state index contributed by atoms with van der Waals surface area (Å²) in [6.45, 7) is 0. The summed E-state index contributed by atoms with van der Waals surface area (Å²) in [5, 5.41) is 23.3. The van der Waals surface area contributed by atoms with Gasteiger partial charge in [0.1, 0.15) is 12.2 Å². The lowest BCUT2D eigenvalue weighted by molar-refractivity contribution is -0.145. The summed E-state index contributed by atoms with van der Waals surface area (Å²) in [5.41, 5.74) is 0.739. The number of carbonyl (C=O) groups excluding carboxylic acids is 1. The third-order valence-electron chi connectivity index (χ3n) is 3.83. The first kappa shape index (κ1) is 16.8. The average Bonchev–Trinajstić information content (AvgIpc) is 3.08. The number of rotatable bonds is 3. The molecule has 1 aliphatic heterocycles. The first-order chi connectivity index (χ1) is 11.3. The van der Waals surface area contributed by atoms with Gasteiger partial charge in [-0.2, -0.15) is 9.97 Å². The van der Waals surface area contributed by atoms with Crippen LogP contribution in [-0.4, -0.2) is 80.0 Å². The second kappa shape index (κ2) is 6.13. The highest BCUT2D eigenvalue weighted by Crippen LogP contribution is 2.33. The van der Waals surface area contributed by atoms with Crippen molar-refractivity contribution >= 4 is 34.5 Å². The summed E-state index contributed by atoms with van der Waals surface area (Å²) in [6, 6.07) is 0. The van der Waals surface area contributed by atoms with E-state index in [1.54, 1.807) is 7.05 Å². The Morgan fingerprint density at radius 3 is 2.71 bits per heavy atom. The fourth-order valence-corrected chi connectivity index (χ4v) is 2.76. The molecular formula is C13H17ClN6O4. The van der Waals surface area contributed by atoms with Gasteiger partial charge in [-0.1, -0.05) is 0 Å². The molecule has 2 aromatic heterocycles. The zero-order valence-electron chi connectivity index (χ0n) is 13.2. The number of nitrogens with zero attached hydrogens (tertiary/aromatic N) is 5. The number of carbonyl (C=O) groups is 1. The van der Waals surface area contributed by atoms with E-state index in [1.165, 1.54) is 29.9 Å². The standard InChI is InChI=1S/C13H17ClN6O4/c1-15-9-5-10(18-13(14)17-9)20(4-16-5)12-7(22)6(21)8(24-12)11(23)19(2)3/h4,6-8,12,21-22H,1-3H3,(H,15,17,18)/t6-,7+,8-,12+/m0/s1. The number of nitrogens with one attached hydrogen (secondary N) is 1. The van der Waals surface area contributed by atoms with Crippen LogP contribution in [0.3, 0.4) is 0 Å². The predicted octanol–water partition coefficient (Wildman–Crippen LogP) is -0.771. The van der Waals surface area contributed by atoms with E-state index in [0.29, 0.717) is 17.0 Å². The molecule has 10 nitrogen and oxygen atoms in total. The van der Waals surface area contributed by atoms with Crippen molar-refractivity contribution in [2.75, 3.05) is 26.5 Å². The third kappa shape index (κ3) is 2.57. The van der Waals surface area contributed by atoms with Crippen LogP contribution in [0.1, 0.15) is 6.23 Å². The van der Waals surface area contributed by atoms with Crippen molar-refractivity contribution < 1.29 is 19.7 Å². The molecule has 0 radical (unpaired) electrons. The number of aromatic nitrogens is 4. The SMILES string of the molecule is CNc1nc(Cl)nc2c1ncn2[C@@H]1O[C@H](C(=O)N(C)C)[C@@H](O)[C@H]1O. The minimum Gasteiger partial charge on any atom is -0.387 e. The molecule has 1 saturated heterocycles. The highest BCUT2D eigenvalue weighted by atomic mass is 35.5. The van der Waals surface area contributed by atoms with Gasteiger partial charge in [0.25, 0.3) is 5.91 Å². The van der Waals surface area contributed by atoms with E-state index in [0.717, 1.165) is 0 Å². The second-order valence-electron chi connectivity index (χ2n) is 5.58. The lowest BCUT2D eigenvalue weighted by Gasteiger charge is -2.18. The van der Waals surface area contributed by atoms with Crippen LogP contribution in [0.5, 0.6) is 0 Å². The Morgan fingerprint density at radius 2 is 2.08 bits per heavy atom. The number of hydrogen-bond donors (Lipinski definition) is 3. The van der Waals surface area contributed by atoms with Gasteiger partial charge in [0, 0.05) is 21.1 Å². The Labute approximate surface area is 142 Å². The molecule has 2 aromatic rings. The van der Waals surface area contributed by atoms with Crippen LogP contribution < -0.4 is 5.32 Å². The molecule has 0 bridgehead atoms. The zero-order valence-corrected chi connectivity index (χ0v) is 14.0. The van der Waals surface area contributed by atoms with Gasteiger partial charge >= 0.3 is 0 Å². The molecule has 3 heterocycles. The van der Waals surface area contributed by atoms with Gasteiger partial charge in [-0.05, 0) is 11.6 Å². The maximum absolute atomic E-state index is 12.1. The molecule has 4 atom stereocenters. The second-order valence-corrected chi connectivity index (χ2v) is 5.91. The maximum Gasteiger partial charge on any atom is 0.254 e. The van der Waals surface area contributed by atoms with E-state index in [1.807, 2.05) is 0 Å². The number of ether oxygens (including phenoxy) is 1. The van der Waals surface area contributed by atoms with Gasteiger partial charge in [0.05, 0.1) is 6.33 Å². The highest BCUT2D eigenvalue weighted by Gasteiger charge is 2.48. The Morgan fingerprint density at radius 1 is 1.38 bits per heavy atom. The Hall–Kier alpha value is -2.01. The number of fused-ring (bicyclic) bond motifs is 1. The summed E-state index contributed by atoms with van der Waals surface area (Å²) in [4.78, 5) is 25.7. The molecule has 24 heavy (non-hydrogen) atoms. The van der Waals surface area contributed by atoms with Crippen LogP contribution >= 0.6 is 11.6 Å². The van der Waals surface area contributed by atoms with Gasteiger partial charge in [0.2, 0.25) is 5.28 Å². The van der Waals surface area contributed by atoms with Gasteiger partial charge in [-0.3, -0.25) is 9.36 Å².